The number of ketones is 2. The van der Waals surface area contributed by atoms with Gasteiger partial charge in [0.2, 0.25) is 29.3 Å². The van der Waals surface area contributed by atoms with Crippen LogP contribution in [0, 0.1) is 23.2 Å². The lowest BCUT2D eigenvalue weighted by Crippen LogP contribution is -2.61. The molecular formula is C35H54N6O6. The van der Waals surface area contributed by atoms with Crippen LogP contribution in [0.1, 0.15) is 117 Å². The third-order valence-electron chi connectivity index (χ3n) is 9.06. The molecule has 2 heterocycles. The maximum Gasteiger partial charge on any atom is 0.272 e. The van der Waals surface area contributed by atoms with E-state index in [4.69, 9.17) is 0 Å². The summed E-state index contributed by atoms with van der Waals surface area (Å²) in [5.74, 6) is -3.11. The molecule has 12 heteroatoms. The summed E-state index contributed by atoms with van der Waals surface area (Å²) in [4.78, 5) is 90.2. The maximum atomic E-state index is 14.3. The lowest BCUT2D eigenvalue weighted by molar-refractivity contribution is -0.145. The fraction of sp³-hybridized carbons (Fsp3) is 0.714. The molecule has 12 nitrogen and oxygen atoms in total. The van der Waals surface area contributed by atoms with Gasteiger partial charge >= 0.3 is 0 Å². The van der Waals surface area contributed by atoms with Crippen molar-refractivity contribution in [1.29, 1.82) is 0 Å². The van der Waals surface area contributed by atoms with E-state index in [9.17, 15) is 28.8 Å². The van der Waals surface area contributed by atoms with E-state index in [1.807, 2.05) is 48.5 Å². The molecule has 3 N–H and O–H groups in total. The van der Waals surface area contributed by atoms with E-state index < -0.39 is 64.8 Å². The monoisotopic (exact) mass is 654 g/mol. The lowest BCUT2D eigenvalue weighted by atomic mass is 9.82. The summed E-state index contributed by atoms with van der Waals surface area (Å²) in [6, 6.07) is -3.71. The van der Waals surface area contributed by atoms with E-state index in [1.54, 1.807) is 0 Å². The summed E-state index contributed by atoms with van der Waals surface area (Å²) in [7, 11) is 0. The Morgan fingerprint density at radius 2 is 1.66 bits per heavy atom. The number of nitrogens with one attached hydrogen (secondary N) is 3. The van der Waals surface area contributed by atoms with Crippen LogP contribution in [-0.2, 0) is 24.0 Å². The van der Waals surface area contributed by atoms with Crippen LogP contribution in [0.3, 0.4) is 0 Å². The minimum atomic E-state index is -1.00. The maximum absolute atomic E-state index is 14.3. The zero-order valence-corrected chi connectivity index (χ0v) is 29.1. The average molecular weight is 655 g/mol. The van der Waals surface area contributed by atoms with Crippen molar-refractivity contribution in [1.82, 2.24) is 30.8 Å². The summed E-state index contributed by atoms with van der Waals surface area (Å²) < 4.78 is 0. The Bertz CT molecular complexity index is 1270. The van der Waals surface area contributed by atoms with Crippen molar-refractivity contribution in [2.45, 2.75) is 130 Å². The molecule has 0 radical (unpaired) electrons. The largest absolute Gasteiger partial charge is 0.344 e. The summed E-state index contributed by atoms with van der Waals surface area (Å²) in [5.41, 5.74) is -0.648. The predicted octanol–water partition coefficient (Wildman–Crippen LogP) is 3.39. The first-order valence-corrected chi connectivity index (χ1v) is 17.2. The summed E-state index contributed by atoms with van der Waals surface area (Å²) in [6.07, 6.45) is 10.0. The van der Waals surface area contributed by atoms with Gasteiger partial charge in [-0.15, -0.1) is 0 Å². The molecule has 5 atom stereocenters. The molecule has 1 aromatic heterocycles. The van der Waals surface area contributed by atoms with E-state index >= 15 is 0 Å². The van der Waals surface area contributed by atoms with Crippen LogP contribution >= 0.6 is 0 Å². The zero-order chi connectivity index (χ0) is 34.9. The predicted molar refractivity (Wildman–Crippen MR) is 177 cm³/mol. The van der Waals surface area contributed by atoms with Crippen molar-refractivity contribution < 1.29 is 28.8 Å². The molecule has 0 aromatic carbocycles. The van der Waals surface area contributed by atoms with Crippen molar-refractivity contribution in [3.63, 3.8) is 0 Å². The smallest absolute Gasteiger partial charge is 0.272 e. The third kappa shape index (κ3) is 10.4. The molecule has 1 saturated carbocycles. The van der Waals surface area contributed by atoms with Gasteiger partial charge in [0, 0.05) is 25.4 Å². The number of likely N-dealkylation sites (tertiary alicyclic amines) is 1. The normalized spacial score (nSPS) is 20.6. The van der Waals surface area contributed by atoms with Crippen LogP contribution in [0.2, 0.25) is 0 Å². The van der Waals surface area contributed by atoms with Crippen LogP contribution in [-0.4, -0.2) is 80.8 Å². The van der Waals surface area contributed by atoms with Crippen molar-refractivity contribution >= 4 is 35.2 Å². The molecular weight excluding hydrogens is 600 g/mol. The highest BCUT2D eigenvalue weighted by atomic mass is 16.2. The molecule has 4 amide bonds. The van der Waals surface area contributed by atoms with Gasteiger partial charge < -0.3 is 20.9 Å². The Hall–Kier alpha value is -3.70. The first kappa shape index (κ1) is 37.8. The third-order valence-corrected chi connectivity index (χ3v) is 9.06. The fourth-order valence-electron chi connectivity index (χ4n) is 6.57. The van der Waals surface area contributed by atoms with Crippen LogP contribution < -0.4 is 16.0 Å². The summed E-state index contributed by atoms with van der Waals surface area (Å²) in [5, 5.41) is 8.62. The van der Waals surface area contributed by atoms with Crippen molar-refractivity contribution in [2.75, 3.05) is 6.54 Å². The van der Waals surface area contributed by atoms with Crippen LogP contribution in [0.5, 0.6) is 0 Å². The van der Waals surface area contributed by atoms with Crippen LogP contribution in [0.25, 0.3) is 0 Å². The minimum absolute atomic E-state index is 0.00447. The second-order valence-electron chi connectivity index (χ2n) is 14.8. The van der Waals surface area contributed by atoms with Gasteiger partial charge in [0.1, 0.15) is 23.8 Å². The molecule has 0 unspecified atom stereocenters. The number of amides is 4. The van der Waals surface area contributed by atoms with Gasteiger partial charge in [-0.25, -0.2) is 4.98 Å². The molecule has 47 heavy (non-hydrogen) atoms. The summed E-state index contributed by atoms with van der Waals surface area (Å²) in [6.45, 7) is 13.4. The number of aromatic nitrogens is 2. The zero-order valence-electron chi connectivity index (χ0n) is 29.1. The molecule has 2 aliphatic rings. The molecule has 1 aromatic rings. The lowest BCUT2D eigenvalue weighted by Gasteiger charge is -2.37. The molecule has 3 rings (SSSR count). The second kappa shape index (κ2) is 16.9. The standard InChI is InChI=1S/C35H54N6O6/c1-8-12-24(29(43)27(42)17-21(2)3)38-32(45)26-18-22(4)20-41(26)34(47)30(35(5,6)7)40-33(46)28(23-13-10-9-11-14-23)39-31(44)25-19-36-15-16-37-25/h15-16,19,21-24,26,28,30H,8-14,17-18,20H2,1-7H3,(H,38,45)(H,39,44)(H,40,46)/t22-,24+,26+,28+,30-/m1/s1. The van der Waals surface area contributed by atoms with Crippen LogP contribution in [0.4, 0.5) is 0 Å². The number of hydrogen-bond acceptors (Lipinski definition) is 8. The number of carbonyl (C=O) groups is 6. The SMILES string of the molecule is CCC[C@H](NC(=O)[C@@H]1C[C@@H](C)CN1C(=O)[C@@H](NC(=O)[C@@H](NC(=O)c1cnccn1)C1CCCCC1)C(C)(C)C)C(=O)C(=O)CC(C)C. The Balaban J connectivity index is 1.83. The van der Waals surface area contributed by atoms with Crippen molar-refractivity contribution in [2.24, 2.45) is 23.2 Å². The van der Waals surface area contributed by atoms with Gasteiger partial charge in [-0.3, -0.25) is 33.8 Å². The molecule has 0 bridgehead atoms. The van der Waals surface area contributed by atoms with Gasteiger partial charge in [-0.1, -0.05) is 74.1 Å². The number of rotatable bonds is 14. The van der Waals surface area contributed by atoms with E-state index in [1.165, 1.54) is 23.5 Å². The highest BCUT2D eigenvalue weighted by Crippen LogP contribution is 2.30. The number of hydrogen-bond donors (Lipinski definition) is 3. The minimum Gasteiger partial charge on any atom is -0.344 e. The first-order valence-electron chi connectivity index (χ1n) is 17.2. The first-order chi connectivity index (χ1) is 22.1. The highest BCUT2D eigenvalue weighted by Gasteiger charge is 2.45. The van der Waals surface area contributed by atoms with Gasteiger partial charge in [-0.05, 0) is 48.9 Å². The van der Waals surface area contributed by atoms with Crippen LogP contribution in [0.15, 0.2) is 18.6 Å². The van der Waals surface area contributed by atoms with Gasteiger partial charge in [0.25, 0.3) is 5.91 Å². The van der Waals surface area contributed by atoms with Crippen molar-refractivity contribution in [3.05, 3.63) is 24.3 Å². The number of Topliss-reactive ketones (excluding diaryl/α,β-unsaturated/α-hetero) is 2. The highest BCUT2D eigenvalue weighted by molar-refractivity contribution is 6.39. The quantitative estimate of drug-likeness (QED) is 0.257. The number of carbonyl (C=O) groups excluding carboxylic acids is 6. The molecule has 2 fully saturated rings. The van der Waals surface area contributed by atoms with Gasteiger partial charge in [-0.2, -0.15) is 0 Å². The van der Waals surface area contributed by atoms with Crippen molar-refractivity contribution in [3.8, 4) is 0 Å². The summed E-state index contributed by atoms with van der Waals surface area (Å²) >= 11 is 0. The van der Waals surface area contributed by atoms with E-state index in [0.717, 1.165) is 32.1 Å². The number of nitrogens with zero attached hydrogens (tertiary/aromatic N) is 3. The molecule has 0 spiro atoms. The molecule has 260 valence electrons. The topological polar surface area (TPSA) is 168 Å². The fourth-order valence-corrected chi connectivity index (χ4v) is 6.57. The van der Waals surface area contributed by atoms with E-state index in [2.05, 4.69) is 25.9 Å². The molecule has 1 aliphatic heterocycles. The van der Waals surface area contributed by atoms with Gasteiger partial charge in [0.15, 0.2) is 0 Å². The Morgan fingerprint density at radius 3 is 2.23 bits per heavy atom. The molecule has 1 aliphatic carbocycles. The second-order valence-corrected chi connectivity index (χ2v) is 14.8. The van der Waals surface area contributed by atoms with Gasteiger partial charge in [0.05, 0.1) is 12.2 Å². The Morgan fingerprint density at radius 1 is 0.979 bits per heavy atom. The Kier molecular flexibility index (Phi) is 13.6. The Labute approximate surface area is 279 Å². The average Bonchev–Trinajstić information content (AvgIpc) is 3.43. The molecule has 1 saturated heterocycles. The van der Waals surface area contributed by atoms with E-state index in [0.29, 0.717) is 25.8 Å². The van der Waals surface area contributed by atoms with E-state index in [-0.39, 0.29) is 29.9 Å².